The molecule has 0 saturated heterocycles. The standard InChI is InChI=1S/C16H15F6N3O2.C2H6/c17-15(18,19)10-4-1-3-9(7-10)8-24-5-2-6-25-13(24)11(14(26)27)12(23-25)16(20,21)22;1-2/h3,7H,1-2,4-6,8H2,(H,26,27);1-2H3. The Labute approximate surface area is 163 Å². The van der Waals surface area contributed by atoms with Crippen molar-refractivity contribution >= 4 is 11.8 Å². The summed E-state index contributed by atoms with van der Waals surface area (Å²) < 4.78 is 79.2. The van der Waals surface area contributed by atoms with Gasteiger partial charge in [-0.2, -0.15) is 31.4 Å². The molecular weight excluding hydrogens is 404 g/mol. The Balaban J connectivity index is 0.00000145. The van der Waals surface area contributed by atoms with Gasteiger partial charge in [0.25, 0.3) is 0 Å². The minimum atomic E-state index is -4.95. The number of aromatic nitrogens is 2. The highest BCUT2D eigenvalue weighted by atomic mass is 19.4. The third-order valence-corrected chi connectivity index (χ3v) is 4.42. The molecule has 0 fully saturated rings. The molecule has 1 aromatic heterocycles. The Morgan fingerprint density at radius 2 is 1.79 bits per heavy atom. The number of nitrogens with zero attached hydrogens (tertiary/aromatic N) is 3. The van der Waals surface area contributed by atoms with Gasteiger partial charge < -0.3 is 10.0 Å². The van der Waals surface area contributed by atoms with Gasteiger partial charge in [-0.05, 0) is 30.9 Å². The monoisotopic (exact) mass is 425 g/mol. The zero-order chi connectivity index (χ0) is 22.0. The Morgan fingerprint density at radius 1 is 1.14 bits per heavy atom. The molecule has 3 rings (SSSR count). The maximum atomic E-state index is 13.2. The minimum Gasteiger partial charge on any atom is -0.477 e. The van der Waals surface area contributed by atoms with Crippen molar-refractivity contribution in [3.05, 3.63) is 34.6 Å². The number of carboxylic acid groups (broad SMARTS) is 1. The zero-order valence-corrected chi connectivity index (χ0v) is 15.9. The minimum absolute atomic E-state index is 0.102. The van der Waals surface area contributed by atoms with E-state index in [2.05, 4.69) is 5.10 Å². The SMILES string of the molecule is CC.O=C(O)c1c(C(F)(F)F)nn2c1N(CC1=CCCC(C(F)(F)F)=C1)CCC2. The lowest BCUT2D eigenvalue weighted by Gasteiger charge is -2.31. The van der Waals surface area contributed by atoms with Crippen LogP contribution in [0.25, 0.3) is 0 Å². The van der Waals surface area contributed by atoms with Crippen LogP contribution in [0.4, 0.5) is 32.2 Å². The van der Waals surface area contributed by atoms with Crippen molar-refractivity contribution in [3.63, 3.8) is 0 Å². The smallest absolute Gasteiger partial charge is 0.436 e. The lowest BCUT2D eigenvalue weighted by molar-refractivity contribution is -0.142. The van der Waals surface area contributed by atoms with Gasteiger partial charge in [0.15, 0.2) is 5.69 Å². The summed E-state index contributed by atoms with van der Waals surface area (Å²) >= 11 is 0. The highest BCUT2D eigenvalue weighted by Gasteiger charge is 2.43. The number of carbonyl (C=O) groups is 1. The summed E-state index contributed by atoms with van der Waals surface area (Å²) in [5, 5.41) is 12.7. The first-order valence-corrected chi connectivity index (χ1v) is 9.11. The number of aromatic carboxylic acids is 1. The van der Waals surface area contributed by atoms with Crippen LogP contribution in [0.3, 0.4) is 0 Å². The first-order valence-electron chi connectivity index (χ1n) is 9.11. The number of rotatable bonds is 3. The largest absolute Gasteiger partial charge is 0.477 e. The second kappa shape index (κ2) is 8.50. The molecule has 5 nitrogen and oxygen atoms in total. The summed E-state index contributed by atoms with van der Waals surface area (Å²) in [6.07, 6.45) is -6.47. The van der Waals surface area contributed by atoms with Gasteiger partial charge in [-0.15, -0.1) is 0 Å². The lowest BCUT2D eigenvalue weighted by atomic mass is 9.98. The van der Waals surface area contributed by atoms with Crippen LogP contribution in [0.5, 0.6) is 0 Å². The predicted octanol–water partition coefficient (Wildman–Crippen LogP) is 5.05. The molecule has 2 aliphatic rings. The molecule has 0 radical (unpaired) electrons. The number of anilines is 1. The highest BCUT2D eigenvalue weighted by molar-refractivity contribution is 5.95. The van der Waals surface area contributed by atoms with E-state index in [0.717, 1.165) is 10.8 Å². The quantitative estimate of drug-likeness (QED) is 0.689. The first kappa shape index (κ1) is 22.8. The molecular formula is C18H21F6N3O2. The van der Waals surface area contributed by atoms with E-state index in [1.165, 1.54) is 4.90 Å². The highest BCUT2D eigenvalue weighted by Crippen LogP contribution is 2.38. The molecule has 0 saturated carbocycles. The van der Waals surface area contributed by atoms with E-state index < -0.39 is 35.2 Å². The fourth-order valence-electron chi connectivity index (χ4n) is 3.32. The van der Waals surface area contributed by atoms with Crippen LogP contribution in [0.1, 0.15) is 49.2 Å². The number of allylic oxidation sites excluding steroid dienone is 2. The van der Waals surface area contributed by atoms with E-state index in [1.54, 1.807) is 6.08 Å². The van der Waals surface area contributed by atoms with Crippen molar-refractivity contribution < 1.29 is 36.2 Å². The fraction of sp³-hybridized carbons (Fsp3) is 0.556. The van der Waals surface area contributed by atoms with E-state index in [9.17, 15) is 36.2 Å². The van der Waals surface area contributed by atoms with Crippen LogP contribution in [0, 0.1) is 0 Å². The van der Waals surface area contributed by atoms with Gasteiger partial charge in [0, 0.05) is 25.2 Å². The molecule has 29 heavy (non-hydrogen) atoms. The van der Waals surface area contributed by atoms with Crippen molar-refractivity contribution in [1.29, 1.82) is 0 Å². The normalized spacial score (nSPS) is 17.0. The van der Waals surface area contributed by atoms with Gasteiger partial charge in [0.2, 0.25) is 0 Å². The average Bonchev–Trinajstić information content (AvgIpc) is 3.04. The molecule has 1 N–H and O–H groups in total. The summed E-state index contributed by atoms with van der Waals surface area (Å²) in [6, 6.07) is 0. The second-order valence-corrected chi connectivity index (χ2v) is 6.33. The van der Waals surface area contributed by atoms with Crippen molar-refractivity contribution in [1.82, 2.24) is 9.78 Å². The number of hydrogen-bond donors (Lipinski definition) is 1. The third-order valence-electron chi connectivity index (χ3n) is 4.42. The van der Waals surface area contributed by atoms with E-state index in [1.807, 2.05) is 13.8 Å². The summed E-state index contributed by atoms with van der Waals surface area (Å²) in [6.45, 7) is 4.20. The fourth-order valence-corrected chi connectivity index (χ4v) is 3.32. The maximum absolute atomic E-state index is 13.2. The summed E-state index contributed by atoms with van der Waals surface area (Å²) in [5.74, 6) is -2.01. The molecule has 0 spiro atoms. The van der Waals surface area contributed by atoms with Gasteiger partial charge in [0.1, 0.15) is 11.4 Å². The van der Waals surface area contributed by atoms with Crippen LogP contribution in [0.2, 0.25) is 0 Å². The zero-order valence-electron chi connectivity index (χ0n) is 15.9. The molecule has 2 heterocycles. The van der Waals surface area contributed by atoms with Crippen LogP contribution >= 0.6 is 0 Å². The Kier molecular flexibility index (Phi) is 6.69. The van der Waals surface area contributed by atoms with Crippen LogP contribution in [-0.2, 0) is 12.7 Å². The molecule has 0 unspecified atom stereocenters. The third kappa shape index (κ3) is 4.94. The van der Waals surface area contributed by atoms with Crippen molar-refractivity contribution in [2.24, 2.45) is 0 Å². The number of alkyl halides is 6. The molecule has 0 amide bonds. The molecule has 162 valence electrons. The van der Waals surface area contributed by atoms with Gasteiger partial charge in [-0.25, -0.2) is 9.48 Å². The average molecular weight is 425 g/mol. The second-order valence-electron chi connectivity index (χ2n) is 6.33. The van der Waals surface area contributed by atoms with Crippen molar-refractivity contribution in [2.45, 2.75) is 52.0 Å². The predicted molar refractivity (Wildman–Crippen MR) is 93.8 cm³/mol. The summed E-state index contributed by atoms with van der Waals surface area (Å²) in [5.41, 5.74) is -2.90. The summed E-state index contributed by atoms with van der Waals surface area (Å²) in [4.78, 5) is 12.8. The Morgan fingerprint density at radius 3 is 2.34 bits per heavy atom. The van der Waals surface area contributed by atoms with Gasteiger partial charge in [-0.3, -0.25) is 0 Å². The van der Waals surface area contributed by atoms with Crippen molar-refractivity contribution in [2.75, 3.05) is 18.0 Å². The number of fused-ring (bicyclic) bond motifs is 1. The molecule has 1 aliphatic carbocycles. The number of carboxylic acids is 1. The first-order chi connectivity index (χ1) is 13.5. The number of halogens is 6. The van der Waals surface area contributed by atoms with Gasteiger partial charge >= 0.3 is 18.3 Å². The maximum Gasteiger partial charge on any atom is 0.436 e. The van der Waals surface area contributed by atoms with E-state index in [0.29, 0.717) is 6.42 Å². The number of hydrogen-bond acceptors (Lipinski definition) is 3. The number of aryl methyl sites for hydroxylation is 1. The molecule has 0 bridgehead atoms. The Hall–Kier alpha value is -2.46. The van der Waals surface area contributed by atoms with Crippen molar-refractivity contribution in [3.8, 4) is 0 Å². The van der Waals surface area contributed by atoms with Crippen LogP contribution < -0.4 is 4.90 Å². The molecule has 1 aliphatic heterocycles. The molecule has 11 heteroatoms. The molecule has 0 aromatic carbocycles. The lowest BCUT2D eigenvalue weighted by Crippen LogP contribution is -2.35. The van der Waals surface area contributed by atoms with E-state index >= 15 is 0 Å². The van der Waals surface area contributed by atoms with Gasteiger partial charge in [0.05, 0.1) is 0 Å². The van der Waals surface area contributed by atoms with E-state index in [4.69, 9.17) is 0 Å². The van der Waals surface area contributed by atoms with Crippen LogP contribution in [-0.4, -0.2) is 40.1 Å². The van der Waals surface area contributed by atoms with Gasteiger partial charge in [-0.1, -0.05) is 19.9 Å². The Bertz CT molecular complexity index is 821. The molecule has 1 aromatic rings. The van der Waals surface area contributed by atoms with Crippen LogP contribution in [0.15, 0.2) is 23.3 Å². The van der Waals surface area contributed by atoms with E-state index in [-0.39, 0.29) is 43.9 Å². The molecule has 0 atom stereocenters. The summed E-state index contributed by atoms with van der Waals surface area (Å²) in [7, 11) is 0. The topological polar surface area (TPSA) is 58.4 Å².